The Kier molecular flexibility index (Phi) is 5.30. The van der Waals surface area contributed by atoms with Crippen LogP contribution in [0.15, 0.2) is 42.5 Å². The molecule has 2 aromatic carbocycles. The molecule has 0 spiro atoms. The number of benzene rings is 2. The van der Waals surface area contributed by atoms with Crippen LogP contribution < -0.4 is 4.90 Å². The van der Waals surface area contributed by atoms with Crippen LogP contribution in [-0.4, -0.2) is 46.9 Å². The number of pyridine rings is 1. The SMILES string of the molecule is Cc1cc(N2CCN(C(=O)c3cc([N+](=O)[O-])ccc3Cl)CC2)nc2c(C)cccc12. The molecule has 3 aromatic rings. The van der Waals surface area contributed by atoms with E-state index in [0.29, 0.717) is 26.2 Å². The van der Waals surface area contributed by atoms with Crippen LogP contribution in [0.25, 0.3) is 10.9 Å². The van der Waals surface area contributed by atoms with Crippen molar-refractivity contribution in [3.63, 3.8) is 0 Å². The number of carbonyl (C=O) groups excluding carboxylic acids is 1. The Morgan fingerprint density at radius 2 is 1.80 bits per heavy atom. The summed E-state index contributed by atoms with van der Waals surface area (Å²) < 4.78 is 0. The van der Waals surface area contributed by atoms with Crippen LogP contribution in [-0.2, 0) is 0 Å². The van der Waals surface area contributed by atoms with Gasteiger partial charge in [-0.15, -0.1) is 0 Å². The number of non-ortho nitro benzene ring substituents is 1. The summed E-state index contributed by atoms with van der Waals surface area (Å²) in [6.45, 7) is 6.37. The zero-order valence-electron chi connectivity index (χ0n) is 16.8. The number of fused-ring (bicyclic) bond motifs is 1. The van der Waals surface area contributed by atoms with Crippen molar-refractivity contribution in [2.75, 3.05) is 31.1 Å². The number of para-hydroxylation sites is 1. The van der Waals surface area contributed by atoms with Crippen LogP contribution in [0.1, 0.15) is 21.5 Å². The van der Waals surface area contributed by atoms with Gasteiger partial charge in [0.15, 0.2) is 0 Å². The van der Waals surface area contributed by atoms with Crippen molar-refractivity contribution in [1.82, 2.24) is 9.88 Å². The predicted octanol–water partition coefficient (Wildman–Crippen LogP) is 4.38. The van der Waals surface area contributed by atoms with Crippen molar-refractivity contribution in [2.24, 2.45) is 0 Å². The topological polar surface area (TPSA) is 79.6 Å². The Morgan fingerprint density at radius 1 is 1.07 bits per heavy atom. The Bertz CT molecular complexity index is 1160. The first-order chi connectivity index (χ1) is 14.3. The van der Waals surface area contributed by atoms with Gasteiger partial charge in [0.25, 0.3) is 11.6 Å². The molecule has 8 heteroatoms. The monoisotopic (exact) mass is 424 g/mol. The lowest BCUT2D eigenvalue weighted by atomic mass is 10.1. The molecule has 2 heterocycles. The molecule has 0 N–H and O–H groups in total. The number of rotatable bonds is 3. The maximum Gasteiger partial charge on any atom is 0.270 e. The molecule has 1 saturated heterocycles. The number of piperazine rings is 1. The number of hydrogen-bond acceptors (Lipinski definition) is 5. The number of amides is 1. The molecule has 30 heavy (non-hydrogen) atoms. The zero-order valence-corrected chi connectivity index (χ0v) is 17.5. The highest BCUT2D eigenvalue weighted by atomic mass is 35.5. The van der Waals surface area contributed by atoms with E-state index < -0.39 is 4.92 Å². The van der Waals surface area contributed by atoms with Crippen LogP contribution in [0.3, 0.4) is 0 Å². The normalized spacial score (nSPS) is 14.2. The largest absolute Gasteiger partial charge is 0.353 e. The Hall–Kier alpha value is -3.19. The van der Waals surface area contributed by atoms with E-state index in [0.717, 1.165) is 22.3 Å². The Labute approximate surface area is 179 Å². The first kappa shape index (κ1) is 20.1. The number of nitro benzene ring substituents is 1. The molecular formula is C22H21ClN4O3. The zero-order chi connectivity index (χ0) is 21.4. The van der Waals surface area contributed by atoms with Gasteiger partial charge in [0, 0.05) is 43.7 Å². The summed E-state index contributed by atoms with van der Waals surface area (Å²) in [6, 6.07) is 12.2. The van der Waals surface area contributed by atoms with Gasteiger partial charge < -0.3 is 9.80 Å². The third-order valence-corrected chi connectivity index (χ3v) is 5.85. The summed E-state index contributed by atoms with van der Waals surface area (Å²) in [5, 5.41) is 12.4. The van der Waals surface area contributed by atoms with E-state index in [2.05, 4.69) is 36.9 Å². The molecule has 1 aliphatic rings. The minimum Gasteiger partial charge on any atom is -0.353 e. The minimum absolute atomic E-state index is 0.146. The van der Waals surface area contributed by atoms with Crippen LogP contribution in [0, 0.1) is 24.0 Å². The average molecular weight is 425 g/mol. The molecule has 0 radical (unpaired) electrons. The highest BCUT2D eigenvalue weighted by molar-refractivity contribution is 6.33. The number of halogens is 1. The van der Waals surface area contributed by atoms with Crippen LogP contribution >= 0.6 is 11.6 Å². The summed E-state index contributed by atoms with van der Waals surface area (Å²) in [5.41, 5.74) is 3.31. The average Bonchev–Trinajstić information content (AvgIpc) is 2.74. The quantitative estimate of drug-likeness (QED) is 0.460. The van der Waals surface area contributed by atoms with Crippen molar-refractivity contribution in [3.8, 4) is 0 Å². The summed E-state index contributed by atoms with van der Waals surface area (Å²) in [4.78, 5) is 32.1. The summed E-state index contributed by atoms with van der Waals surface area (Å²) in [5.74, 6) is 0.608. The van der Waals surface area contributed by atoms with Gasteiger partial charge in [0.2, 0.25) is 0 Å². The molecule has 1 fully saturated rings. The first-order valence-electron chi connectivity index (χ1n) is 9.70. The lowest BCUT2D eigenvalue weighted by Crippen LogP contribution is -2.49. The van der Waals surface area contributed by atoms with E-state index in [1.807, 2.05) is 6.07 Å². The number of hydrogen-bond donors (Lipinski definition) is 0. The third-order valence-electron chi connectivity index (χ3n) is 5.52. The van der Waals surface area contributed by atoms with Crippen LogP contribution in [0.2, 0.25) is 5.02 Å². The predicted molar refractivity (Wildman–Crippen MR) is 117 cm³/mol. The van der Waals surface area contributed by atoms with Crippen molar-refractivity contribution in [2.45, 2.75) is 13.8 Å². The van der Waals surface area contributed by atoms with Gasteiger partial charge in [-0.2, -0.15) is 0 Å². The van der Waals surface area contributed by atoms with E-state index in [1.165, 1.54) is 23.8 Å². The molecule has 1 aromatic heterocycles. The molecule has 4 rings (SSSR count). The van der Waals surface area contributed by atoms with E-state index in [4.69, 9.17) is 16.6 Å². The molecule has 0 saturated carbocycles. The highest BCUT2D eigenvalue weighted by Gasteiger charge is 2.26. The lowest BCUT2D eigenvalue weighted by molar-refractivity contribution is -0.384. The number of nitrogens with zero attached hydrogens (tertiary/aromatic N) is 4. The van der Waals surface area contributed by atoms with Crippen LogP contribution in [0.5, 0.6) is 0 Å². The van der Waals surface area contributed by atoms with Crippen molar-refractivity contribution in [3.05, 3.63) is 74.3 Å². The summed E-state index contributed by atoms with van der Waals surface area (Å²) >= 11 is 6.14. The Morgan fingerprint density at radius 3 is 2.50 bits per heavy atom. The number of anilines is 1. The second-order valence-corrected chi connectivity index (χ2v) is 7.88. The number of nitro groups is 1. The second kappa shape index (κ2) is 7.91. The lowest BCUT2D eigenvalue weighted by Gasteiger charge is -2.35. The maximum atomic E-state index is 12.9. The maximum absolute atomic E-state index is 12.9. The smallest absolute Gasteiger partial charge is 0.270 e. The fourth-order valence-electron chi connectivity index (χ4n) is 3.81. The highest BCUT2D eigenvalue weighted by Crippen LogP contribution is 2.27. The molecule has 0 bridgehead atoms. The Balaban J connectivity index is 1.53. The standard InChI is InChI=1S/C22H21ClN4O3/c1-14-4-3-5-17-15(2)12-20(24-21(14)17)25-8-10-26(11-9-25)22(28)18-13-16(27(29)30)6-7-19(18)23/h3-7,12-13H,8-11H2,1-2H3. The third kappa shape index (κ3) is 3.68. The molecule has 0 aliphatic carbocycles. The van der Waals surface area contributed by atoms with E-state index >= 15 is 0 Å². The van der Waals surface area contributed by atoms with Gasteiger partial charge in [-0.1, -0.05) is 29.8 Å². The van der Waals surface area contributed by atoms with Gasteiger partial charge >= 0.3 is 0 Å². The number of carbonyl (C=O) groups is 1. The summed E-state index contributed by atoms with van der Waals surface area (Å²) in [7, 11) is 0. The van der Waals surface area contributed by atoms with Gasteiger partial charge in [-0.3, -0.25) is 14.9 Å². The molecule has 7 nitrogen and oxygen atoms in total. The van der Waals surface area contributed by atoms with Crippen LogP contribution in [0.4, 0.5) is 11.5 Å². The molecular weight excluding hydrogens is 404 g/mol. The summed E-state index contributed by atoms with van der Waals surface area (Å²) in [6.07, 6.45) is 0. The van der Waals surface area contributed by atoms with E-state index in [1.54, 1.807) is 4.90 Å². The molecule has 1 amide bonds. The van der Waals surface area contributed by atoms with Gasteiger partial charge in [0.05, 0.1) is 21.0 Å². The van der Waals surface area contributed by atoms with Gasteiger partial charge in [-0.05, 0) is 37.1 Å². The fraction of sp³-hybridized carbons (Fsp3) is 0.273. The molecule has 1 aliphatic heterocycles. The van der Waals surface area contributed by atoms with Crippen molar-refractivity contribution >= 4 is 39.9 Å². The van der Waals surface area contributed by atoms with Crippen molar-refractivity contribution < 1.29 is 9.72 Å². The first-order valence-corrected chi connectivity index (χ1v) is 10.1. The fourth-order valence-corrected chi connectivity index (χ4v) is 4.00. The molecule has 0 unspecified atom stereocenters. The van der Waals surface area contributed by atoms with E-state index in [9.17, 15) is 14.9 Å². The van der Waals surface area contributed by atoms with Crippen molar-refractivity contribution in [1.29, 1.82) is 0 Å². The minimum atomic E-state index is -0.527. The van der Waals surface area contributed by atoms with Gasteiger partial charge in [0.1, 0.15) is 5.82 Å². The van der Waals surface area contributed by atoms with Gasteiger partial charge in [-0.25, -0.2) is 4.98 Å². The number of aryl methyl sites for hydroxylation is 2. The molecule has 154 valence electrons. The number of aromatic nitrogens is 1. The van der Waals surface area contributed by atoms with E-state index in [-0.39, 0.29) is 22.2 Å². The molecule has 0 atom stereocenters. The second-order valence-electron chi connectivity index (χ2n) is 7.47.